The number of aryl methyl sites for hydroxylation is 2. The molecule has 0 aliphatic rings. The molecular weight excluding hydrogens is 312 g/mol. The molecule has 21 heavy (non-hydrogen) atoms. The minimum absolute atomic E-state index is 0.351. The fraction of sp³-hybridized carbons (Fsp3) is 0.200. The molecule has 3 aromatic rings. The normalized spacial score (nSPS) is 11.2. The first-order chi connectivity index (χ1) is 10.1. The molecule has 0 radical (unpaired) electrons. The smallest absolute Gasteiger partial charge is 0.165 e. The molecule has 0 bridgehead atoms. The van der Waals surface area contributed by atoms with E-state index in [0.29, 0.717) is 34.5 Å². The Morgan fingerprint density at radius 3 is 2.81 bits per heavy atom. The van der Waals surface area contributed by atoms with E-state index >= 15 is 0 Å². The van der Waals surface area contributed by atoms with Crippen LogP contribution in [0.3, 0.4) is 0 Å². The standard InChI is InChI=1S/C15H12Cl2FN3/c1-9-5-7-19-15-14(9)20-13(4-6-16)21(15)12-3-2-10(17)8-11(12)18/h2-3,5,7-8H,4,6H2,1H3. The van der Waals surface area contributed by atoms with Gasteiger partial charge in [-0.2, -0.15) is 0 Å². The van der Waals surface area contributed by atoms with Crippen LogP contribution in [-0.4, -0.2) is 20.4 Å². The number of halogens is 3. The largest absolute Gasteiger partial charge is 0.278 e. The van der Waals surface area contributed by atoms with E-state index in [4.69, 9.17) is 23.2 Å². The number of alkyl halides is 1. The van der Waals surface area contributed by atoms with Gasteiger partial charge in [-0.1, -0.05) is 11.6 Å². The van der Waals surface area contributed by atoms with Crippen molar-refractivity contribution in [1.82, 2.24) is 14.5 Å². The van der Waals surface area contributed by atoms with Crippen molar-refractivity contribution >= 4 is 34.4 Å². The number of hydrogen-bond donors (Lipinski definition) is 0. The van der Waals surface area contributed by atoms with Crippen molar-refractivity contribution in [3.63, 3.8) is 0 Å². The van der Waals surface area contributed by atoms with Gasteiger partial charge in [0.15, 0.2) is 5.65 Å². The summed E-state index contributed by atoms with van der Waals surface area (Å²) in [7, 11) is 0. The molecule has 3 rings (SSSR count). The van der Waals surface area contributed by atoms with Crippen LogP contribution in [0.25, 0.3) is 16.9 Å². The predicted octanol–water partition coefficient (Wildman–Crippen LogP) is 4.30. The van der Waals surface area contributed by atoms with Crippen molar-refractivity contribution in [1.29, 1.82) is 0 Å². The van der Waals surface area contributed by atoms with Crippen LogP contribution < -0.4 is 0 Å². The lowest BCUT2D eigenvalue weighted by atomic mass is 10.2. The topological polar surface area (TPSA) is 30.7 Å². The zero-order chi connectivity index (χ0) is 15.0. The van der Waals surface area contributed by atoms with Crippen LogP contribution in [0.5, 0.6) is 0 Å². The molecule has 6 heteroatoms. The maximum atomic E-state index is 14.3. The van der Waals surface area contributed by atoms with E-state index < -0.39 is 5.82 Å². The third kappa shape index (κ3) is 2.49. The second kappa shape index (κ2) is 5.62. The highest BCUT2D eigenvalue weighted by Crippen LogP contribution is 2.26. The molecular formula is C15H12Cl2FN3. The van der Waals surface area contributed by atoms with Crippen LogP contribution in [-0.2, 0) is 6.42 Å². The summed E-state index contributed by atoms with van der Waals surface area (Å²) in [5.41, 5.74) is 2.74. The van der Waals surface area contributed by atoms with E-state index in [1.165, 1.54) is 6.07 Å². The Kier molecular flexibility index (Phi) is 3.83. The summed E-state index contributed by atoms with van der Waals surface area (Å²) in [6, 6.07) is 6.43. The van der Waals surface area contributed by atoms with Gasteiger partial charge < -0.3 is 0 Å². The molecule has 0 unspecified atom stereocenters. The van der Waals surface area contributed by atoms with Crippen molar-refractivity contribution in [3.05, 3.63) is 52.7 Å². The average Bonchev–Trinajstić information content (AvgIpc) is 2.79. The third-order valence-corrected chi connectivity index (χ3v) is 3.71. The van der Waals surface area contributed by atoms with Gasteiger partial charge in [-0.15, -0.1) is 11.6 Å². The first kappa shape index (κ1) is 14.3. The summed E-state index contributed by atoms with van der Waals surface area (Å²) in [6.07, 6.45) is 2.22. The van der Waals surface area contributed by atoms with Gasteiger partial charge in [0.25, 0.3) is 0 Å². The third-order valence-electron chi connectivity index (χ3n) is 3.29. The summed E-state index contributed by atoms with van der Waals surface area (Å²) in [5.74, 6) is 0.668. The molecule has 0 aliphatic heterocycles. The van der Waals surface area contributed by atoms with Crippen LogP contribution in [0, 0.1) is 12.7 Å². The monoisotopic (exact) mass is 323 g/mol. The fourth-order valence-electron chi connectivity index (χ4n) is 2.31. The number of aromatic nitrogens is 3. The number of imidazole rings is 1. The Labute approximate surface area is 131 Å². The molecule has 0 N–H and O–H groups in total. The lowest BCUT2D eigenvalue weighted by Gasteiger charge is -2.09. The molecule has 0 atom stereocenters. The van der Waals surface area contributed by atoms with Gasteiger partial charge in [0, 0.05) is 23.5 Å². The summed E-state index contributed by atoms with van der Waals surface area (Å²) in [5, 5.41) is 0.351. The van der Waals surface area contributed by atoms with Crippen molar-refractivity contribution in [3.8, 4) is 5.69 Å². The number of hydrogen-bond acceptors (Lipinski definition) is 2. The van der Waals surface area contributed by atoms with Gasteiger partial charge in [0.1, 0.15) is 17.2 Å². The van der Waals surface area contributed by atoms with E-state index in [1.807, 2.05) is 13.0 Å². The lowest BCUT2D eigenvalue weighted by molar-refractivity contribution is 0.616. The molecule has 0 saturated carbocycles. The highest BCUT2D eigenvalue weighted by molar-refractivity contribution is 6.30. The van der Waals surface area contributed by atoms with Crippen molar-refractivity contribution < 1.29 is 4.39 Å². The molecule has 0 amide bonds. The molecule has 108 valence electrons. The molecule has 2 heterocycles. The highest BCUT2D eigenvalue weighted by Gasteiger charge is 2.17. The molecule has 0 aliphatic carbocycles. The Balaban J connectivity index is 2.33. The molecule has 0 saturated heterocycles. The summed E-state index contributed by atoms with van der Waals surface area (Å²) >= 11 is 11.7. The van der Waals surface area contributed by atoms with Gasteiger partial charge in [0.2, 0.25) is 0 Å². The molecule has 1 aromatic carbocycles. The van der Waals surface area contributed by atoms with Gasteiger partial charge in [0.05, 0.1) is 5.69 Å². The van der Waals surface area contributed by atoms with Crippen molar-refractivity contribution in [2.75, 3.05) is 5.88 Å². The maximum Gasteiger partial charge on any atom is 0.165 e. The van der Waals surface area contributed by atoms with Gasteiger partial charge >= 0.3 is 0 Å². The zero-order valence-electron chi connectivity index (χ0n) is 11.3. The van der Waals surface area contributed by atoms with Gasteiger partial charge in [-0.05, 0) is 36.8 Å². The molecule has 0 spiro atoms. The van der Waals surface area contributed by atoms with Gasteiger partial charge in [-0.3, -0.25) is 4.57 Å². The van der Waals surface area contributed by atoms with Crippen molar-refractivity contribution in [2.45, 2.75) is 13.3 Å². The first-order valence-corrected chi connectivity index (χ1v) is 7.37. The Hall–Kier alpha value is -1.65. The van der Waals surface area contributed by atoms with E-state index in [2.05, 4.69) is 9.97 Å². The number of pyridine rings is 1. The van der Waals surface area contributed by atoms with Crippen LogP contribution >= 0.6 is 23.2 Å². The Morgan fingerprint density at radius 1 is 1.29 bits per heavy atom. The molecule has 0 fully saturated rings. The summed E-state index contributed by atoms with van der Waals surface area (Å²) < 4.78 is 16.0. The van der Waals surface area contributed by atoms with E-state index in [9.17, 15) is 4.39 Å². The Bertz CT molecular complexity index is 814. The lowest BCUT2D eigenvalue weighted by Crippen LogP contribution is -2.05. The highest BCUT2D eigenvalue weighted by atomic mass is 35.5. The van der Waals surface area contributed by atoms with E-state index in [-0.39, 0.29) is 0 Å². The minimum atomic E-state index is -0.416. The predicted molar refractivity (Wildman–Crippen MR) is 83.0 cm³/mol. The van der Waals surface area contributed by atoms with Crippen LogP contribution in [0.2, 0.25) is 5.02 Å². The molecule has 2 aromatic heterocycles. The SMILES string of the molecule is Cc1ccnc2c1nc(CCCl)n2-c1ccc(Cl)cc1F. The van der Waals surface area contributed by atoms with Crippen LogP contribution in [0.4, 0.5) is 4.39 Å². The maximum absolute atomic E-state index is 14.3. The van der Waals surface area contributed by atoms with E-state index in [0.717, 1.165) is 11.1 Å². The second-order valence-electron chi connectivity index (χ2n) is 4.70. The number of fused-ring (bicyclic) bond motifs is 1. The van der Waals surface area contributed by atoms with Gasteiger partial charge in [-0.25, -0.2) is 14.4 Å². The average molecular weight is 324 g/mol. The Morgan fingerprint density at radius 2 is 2.10 bits per heavy atom. The van der Waals surface area contributed by atoms with Crippen LogP contribution in [0.1, 0.15) is 11.4 Å². The number of benzene rings is 1. The van der Waals surface area contributed by atoms with Crippen LogP contribution in [0.15, 0.2) is 30.5 Å². The first-order valence-electron chi connectivity index (χ1n) is 6.46. The second-order valence-corrected chi connectivity index (χ2v) is 5.51. The summed E-state index contributed by atoms with van der Waals surface area (Å²) in [4.78, 5) is 8.90. The zero-order valence-corrected chi connectivity index (χ0v) is 12.8. The van der Waals surface area contributed by atoms with Crippen molar-refractivity contribution in [2.24, 2.45) is 0 Å². The number of nitrogens with zero attached hydrogens (tertiary/aromatic N) is 3. The molecule has 3 nitrogen and oxygen atoms in total. The number of rotatable bonds is 3. The fourth-order valence-corrected chi connectivity index (χ4v) is 2.64. The minimum Gasteiger partial charge on any atom is -0.278 e. The summed E-state index contributed by atoms with van der Waals surface area (Å²) in [6.45, 7) is 1.95. The van der Waals surface area contributed by atoms with E-state index in [1.54, 1.807) is 22.9 Å². The quantitative estimate of drug-likeness (QED) is 0.673.